The molecule has 2 aromatic heterocycles. The standard InChI is InChI=1S/C18H21N5OS2/c1-18(11-19,12-4-5-12)20-16(24)10-26-17-22-21-15(23(17)13-6-7-13)9-14-3-2-8-25-14/h2-3,8,12-13H,4-7,9-10H2,1H3,(H,20,24)/t18-/m0/s1. The van der Waals surface area contributed by atoms with Crippen molar-refractivity contribution in [1.82, 2.24) is 20.1 Å². The van der Waals surface area contributed by atoms with Crippen molar-refractivity contribution in [3.63, 3.8) is 0 Å². The van der Waals surface area contributed by atoms with E-state index < -0.39 is 5.54 Å². The predicted octanol–water partition coefficient (Wildman–Crippen LogP) is 3.17. The van der Waals surface area contributed by atoms with Gasteiger partial charge in [0.05, 0.1) is 11.8 Å². The molecule has 26 heavy (non-hydrogen) atoms. The Kier molecular flexibility index (Phi) is 4.76. The molecule has 1 amide bonds. The number of carbonyl (C=O) groups is 1. The first kappa shape index (κ1) is 17.6. The maximum Gasteiger partial charge on any atom is 0.231 e. The van der Waals surface area contributed by atoms with E-state index in [2.05, 4.69) is 37.6 Å². The minimum atomic E-state index is -0.744. The Morgan fingerprint density at radius 3 is 2.88 bits per heavy atom. The van der Waals surface area contributed by atoms with E-state index >= 15 is 0 Å². The Morgan fingerprint density at radius 2 is 2.27 bits per heavy atom. The SMILES string of the molecule is C[C@@](C#N)(NC(=O)CSc1nnc(Cc2cccs2)n1C1CC1)C1CC1. The summed E-state index contributed by atoms with van der Waals surface area (Å²) in [4.78, 5) is 13.6. The van der Waals surface area contributed by atoms with E-state index in [0.717, 1.165) is 43.1 Å². The molecule has 2 aliphatic carbocycles. The Labute approximate surface area is 161 Å². The summed E-state index contributed by atoms with van der Waals surface area (Å²) in [5, 5.41) is 23.9. The summed E-state index contributed by atoms with van der Waals surface area (Å²) in [6.45, 7) is 1.82. The highest BCUT2D eigenvalue weighted by Crippen LogP contribution is 2.40. The Bertz CT molecular complexity index is 832. The van der Waals surface area contributed by atoms with Crippen LogP contribution in [-0.4, -0.2) is 32.0 Å². The molecule has 0 unspecified atom stereocenters. The van der Waals surface area contributed by atoms with Gasteiger partial charge < -0.3 is 9.88 Å². The second-order valence-corrected chi connectivity index (χ2v) is 9.16. The number of amides is 1. The second kappa shape index (κ2) is 7.05. The van der Waals surface area contributed by atoms with E-state index in [1.807, 2.05) is 13.0 Å². The molecule has 0 aromatic carbocycles. The first-order valence-corrected chi connectivity index (χ1v) is 10.8. The van der Waals surface area contributed by atoms with Crippen LogP contribution in [0.3, 0.4) is 0 Å². The molecule has 136 valence electrons. The number of rotatable bonds is 8. The van der Waals surface area contributed by atoms with Crippen LogP contribution >= 0.6 is 23.1 Å². The van der Waals surface area contributed by atoms with Crippen LogP contribution in [0.4, 0.5) is 0 Å². The number of nitrogens with zero attached hydrogens (tertiary/aromatic N) is 4. The van der Waals surface area contributed by atoms with Gasteiger partial charge in [0.1, 0.15) is 11.4 Å². The summed E-state index contributed by atoms with van der Waals surface area (Å²) in [6.07, 6.45) is 5.09. The zero-order valence-corrected chi connectivity index (χ0v) is 16.3. The number of thioether (sulfide) groups is 1. The van der Waals surface area contributed by atoms with Gasteiger partial charge in [-0.25, -0.2) is 0 Å². The smallest absolute Gasteiger partial charge is 0.231 e. The van der Waals surface area contributed by atoms with Gasteiger partial charge in [-0.2, -0.15) is 5.26 Å². The fraction of sp³-hybridized carbons (Fsp3) is 0.556. The van der Waals surface area contributed by atoms with Gasteiger partial charge in [-0.05, 0) is 50.0 Å². The van der Waals surface area contributed by atoms with Crippen molar-refractivity contribution >= 4 is 29.0 Å². The monoisotopic (exact) mass is 387 g/mol. The zero-order chi connectivity index (χ0) is 18.1. The number of hydrogen-bond donors (Lipinski definition) is 1. The average Bonchev–Trinajstić information content (AvgIpc) is 3.56. The van der Waals surface area contributed by atoms with Crippen molar-refractivity contribution in [3.8, 4) is 6.07 Å². The molecule has 2 aliphatic rings. The minimum Gasteiger partial charge on any atom is -0.337 e. The highest BCUT2D eigenvalue weighted by atomic mass is 32.2. The maximum absolute atomic E-state index is 12.3. The van der Waals surface area contributed by atoms with Crippen LogP contribution in [0.25, 0.3) is 0 Å². The van der Waals surface area contributed by atoms with Crippen molar-refractivity contribution in [3.05, 3.63) is 28.2 Å². The Balaban J connectivity index is 1.41. The summed E-state index contributed by atoms with van der Waals surface area (Å²) in [5.74, 6) is 1.40. The molecule has 2 fully saturated rings. The predicted molar refractivity (Wildman–Crippen MR) is 101 cm³/mol. The molecule has 0 spiro atoms. The van der Waals surface area contributed by atoms with Crippen LogP contribution in [0.15, 0.2) is 22.7 Å². The number of aromatic nitrogens is 3. The number of nitriles is 1. The van der Waals surface area contributed by atoms with E-state index in [4.69, 9.17) is 0 Å². The van der Waals surface area contributed by atoms with Gasteiger partial charge in [-0.1, -0.05) is 17.8 Å². The summed E-state index contributed by atoms with van der Waals surface area (Å²) in [7, 11) is 0. The average molecular weight is 388 g/mol. The van der Waals surface area contributed by atoms with Gasteiger partial charge in [0, 0.05) is 17.3 Å². The highest BCUT2D eigenvalue weighted by Gasteiger charge is 2.43. The van der Waals surface area contributed by atoms with Crippen LogP contribution in [0.2, 0.25) is 0 Å². The van der Waals surface area contributed by atoms with E-state index in [-0.39, 0.29) is 17.6 Å². The van der Waals surface area contributed by atoms with Gasteiger partial charge in [0.15, 0.2) is 5.16 Å². The van der Waals surface area contributed by atoms with E-state index in [1.54, 1.807) is 11.3 Å². The first-order chi connectivity index (χ1) is 12.6. The van der Waals surface area contributed by atoms with Crippen LogP contribution < -0.4 is 5.32 Å². The van der Waals surface area contributed by atoms with E-state index in [1.165, 1.54) is 16.6 Å². The van der Waals surface area contributed by atoms with E-state index in [9.17, 15) is 10.1 Å². The molecule has 0 radical (unpaired) electrons. The van der Waals surface area contributed by atoms with Gasteiger partial charge >= 0.3 is 0 Å². The molecule has 0 saturated heterocycles. The van der Waals surface area contributed by atoms with E-state index in [0.29, 0.717) is 6.04 Å². The van der Waals surface area contributed by atoms with Gasteiger partial charge in [-0.15, -0.1) is 21.5 Å². The molecule has 1 N–H and O–H groups in total. The number of thiophene rings is 1. The van der Waals surface area contributed by atoms with Crippen LogP contribution in [0.1, 0.15) is 49.4 Å². The topological polar surface area (TPSA) is 83.6 Å². The third kappa shape index (κ3) is 3.79. The second-order valence-electron chi connectivity index (χ2n) is 7.18. The molecule has 2 saturated carbocycles. The molecule has 6 nitrogen and oxygen atoms in total. The maximum atomic E-state index is 12.3. The summed E-state index contributed by atoms with van der Waals surface area (Å²) >= 11 is 3.13. The zero-order valence-electron chi connectivity index (χ0n) is 14.6. The molecule has 1 atom stereocenters. The van der Waals surface area contributed by atoms with Crippen LogP contribution in [-0.2, 0) is 11.2 Å². The Hall–Kier alpha value is -1.85. The summed E-state index contributed by atoms with van der Waals surface area (Å²) in [5.41, 5.74) is -0.744. The first-order valence-electron chi connectivity index (χ1n) is 8.90. The van der Waals surface area contributed by atoms with Crippen molar-refractivity contribution in [1.29, 1.82) is 5.26 Å². The lowest BCUT2D eigenvalue weighted by Crippen LogP contribution is -2.47. The Morgan fingerprint density at radius 1 is 1.46 bits per heavy atom. The summed E-state index contributed by atoms with van der Waals surface area (Å²) < 4.78 is 2.20. The lowest BCUT2D eigenvalue weighted by Gasteiger charge is -2.22. The molecular formula is C18H21N5OS2. The molecule has 0 bridgehead atoms. The van der Waals surface area contributed by atoms with Crippen molar-refractivity contribution in [2.45, 2.75) is 55.8 Å². The molecule has 2 aromatic rings. The lowest BCUT2D eigenvalue weighted by molar-refractivity contribution is -0.119. The molecule has 4 rings (SSSR count). The largest absolute Gasteiger partial charge is 0.337 e. The van der Waals surface area contributed by atoms with Gasteiger partial charge in [0.25, 0.3) is 0 Å². The normalized spacial score (nSPS) is 18.9. The summed E-state index contributed by atoms with van der Waals surface area (Å²) in [6, 6.07) is 6.88. The van der Waals surface area contributed by atoms with Gasteiger partial charge in [-0.3, -0.25) is 4.79 Å². The van der Waals surface area contributed by atoms with Crippen LogP contribution in [0, 0.1) is 17.2 Å². The third-order valence-electron chi connectivity index (χ3n) is 4.92. The number of carbonyl (C=O) groups excluding carboxylic acids is 1. The molecular weight excluding hydrogens is 366 g/mol. The lowest BCUT2D eigenvalue weighted by atomic mass is 9.98. The van der Waals surface area contributed by atoms with Crippen LogP contribution in [0.5, 0.6) is 0 Å². The number of nitrogens with one attached hydrogen (secondary N) is 1. The fourth-order valence-corrected chi connectivity index (χ4v) is 4.66. The van der Waals surface area contributed by atoms with Crippen molar-refractivity contribution < 1.29 is 4.79 Å². The molecule has 0 aliphatic heterocycles. The quantitative estimate of drug-likeness (QED) is 0.704. The molecule has 8 heteroatoms. The third-order valence-corrected chi connectivity index (χ3v) is 6.74. The van der Waals surface area contributed by atoms with Crippen molar-refractivity contribution in [2.75, 3.05) is 5.75 Å². The highest BCUT2D eigenvalue weighted by molar-refractivity contribution is 7.99. The van der Waals surface area contributed by atoms with Crippen molar-refractivity contribution in [2.24, 2.45) is 5.92 Å². The fourth-order valence-electron chi connectivity index (χ4n) is 3.13. The van der Waals surface area contributed by atoms with Gasteiger partial charge in [0.2, 0.25) is 5.91 Å². The minimum absolute atomic E-state index is 0.115. The molecule has 2 heterocycles. The number of hydrogen-bond acceptors (Lipinski definition) is 6.